The number of amides is 1. The SMILES string of the molecule is Nc1ccc(OC2CCN(C(=O)CCCN3CCN(c4ccc(C(F)(F)F)cc4)CC3)CC2)cc1C(F)(F)F. The topological polar surface area (TPSA) is 62.0 Å². The molecule has 0 radical (unpaired) electrons. The molecule has 2 aromatic carbocycles. The second-order valence-corrected chi connectivity index (χ2v) is 9.92. The van der Waals surface area contributed by atoms with Gasteiger partial charge in [0.2, 0.25) is 5.91 Å². The maximum absolute atomic E-state index is 13.1. The second kappa shape index (κ2) is 11.9. The van der Waals surface area contributed by atoms with E-state index in [1.165, 1.54) is 24.3 Å². The van der Waals surface area contributed by atoms with E-state index in [9.17, 15) is 31.1 Å². The number of piperidine rings is 1. The molecule has 12 heteroatoms. The van der Waals surface area contributed by atoms with Crippen LogP contribution in [0.3, 0.4) is 0 Å². The highest BCUT2D eigenvalue weighted by atomic mass is 19.4. The number of nitrogens with two attached hydrogens (primary N) is 1. The zero-order valence-corrected chi connectivity index (χ0v) is 21.4. The molecule has 214 valence electrons. The van der Waals surface area contributed by atoms with Gasteiger partial charge in [0.15, 0.2) is 0 Å². The van der Waals surface area contributed by atoms with Crippen LogP contribution in [-0.2, 0) is 17.1 Å². The number of anilines is 2. The molecule has 0 bridgehead atoms. The van der Waals surface area contributed by atoms with Crippen LogP contribution in [0.4, 0.5) is 37.7 Å². The van der Waals surface area contributed by atoms with E-state index in [-0.39, 0.29) is 23.4 Å². The van der Waals surface area contributed by atoms with Crippen LogP contribution in [-0.4, -0.2) is 67.6 Å². The minimum atomic E-state index is -4.56. The van der Waals surface area contributed by atoms with E-state index in [0.29, 0.717) is 51.9 Å². The van der Waals surface area contributed by atoms with Crippen LogP contribution in [0.1, 0.15) is 36.8 Å². The highest BCUT2D eigenvalue weighted by Gasteiger charge is 2.34. The molecule has 2 fully saturated rings. The molecule has 2 N–H and O–H groups in total. The third kappa shape index (κ3) is 7.71. The van der Waals surface area contributed by atoms with E-state index >= 15 is 0 Å². The molecule has 0 aliphatic carbocycles. The third-order valence-corrected chi connectivity index (χ3v) is 7.22. The van der Waals surface area contributed by atoms with E-state index in [1.807, 2.05) is 0 Å². The lowest BCUT2D eigenvalue weighted by molar-refractivity contribution is -0.138. The zero-order valence-electron chi connectivity index (χ0n) is 21.4. The number of rotatable bonds is 7. The highest BCUT2D eigenvalue weighted by Crippen LogP contribution is 2.36. The second-order valence-electron chi connectivity index (χ2n) is 9.92. The third-order valence-electron chi connectivity index (χ3n) is 7.22. The van der Waals surface area contributed by atoms with Crippen LogP contribution < -0.4 is 15.4 Å². The molecule has 4 rings (SSSR count). The largest absolute Gasteiger partial charge is 0.490 e. The summed E-state index contributed by atoms with van der Waals surface area (Å²) < 4.78 is 83.3. The van der Waals surface area contributed by atoms with Gasteiger partial charge in [-0.25, -0.2) is 0 Å². The zero-order chi connectivity index (χ0) is 28.2. The molecule has 0 spiro atoms. The maximum Gasteiger partial charge on any atom is 0.418 e. The predicted molar refractivity (Wildman–Crippen MR) is 135 cm³/mol. The summed E-state index contributed by atoms with van der Waals surface area (Å²) in [7, 11) is 0. The average molecular weight is 559 g/mol. The average Bonchev–Trinajstić information content (AvgIpc) is 2.89. The van der Waals surface area contributed by atoms with E-state index in [1.54, 1.807) is 4.90 Å². The fraction of sp³-hybridized carbons (Fsp3) is 0.519. The summed E-state index contributed by atoms with van der Waals surface area (Å²) in [4.78, 5) is 18.7. The van der Waals surface area contributed by atoms with Gasteiger partial charge >= 0.3 is 12.4 Å². The van der Waals surface area contributed by atoms with Gasteiger partial charge in [-0.3, -0.25) is 9.69 Å². The maximum atomic E-state index is 13.1. The Morgan fingerprint density at radius 2 is 1.51 bits per heavy atom. The molecular weight excluding hydrogens is 526 g/mol. The molecule has 2 heterocycles. The van der Waals surface area contributed by atoms with Gasteiger partial charge in [-0.2, -0.15) is 26.3 Å². The van der Waals surface area contributed by atoms with Gasteiger partial charge in [0.05, 0.1) is 11.1 Å². The quantitative estimate of drug-likeness (QED) is 0.370. The van der Waals surface area contributed by atoms with E-state index in [2.05, 4.69) is 9.80 Å². The van der Waals surface area contributed by atoms with Gasteiger partial charge in [-0.05, 0) is 55.4 Å². The normalized spacial score (nSPS) is 17.9. The van der Waals surface area contributed by atoms with Gasteiger partial charge < -0.3 is 20.3 Å². The molecule has 0 atom stereocenters. The number of hydrogen-bond donors (Lipinski definition) is 1. The van der Waals surface area contributed by atoms with Gasteiger partial charge in [0, 0.05) is 69.9 Å². The molecule has 2 aromatic rings. The predicted octanol–water partition coefficient (Wildman–Crippen LogP) is 5.28. The summed E-state index contributed by atoms with van der Waals surface area (Å²) in [5, 5.41) is 0. The Balaban J connectivity index is 1.14. The molecule has 0 saturated carbocycles. The molecule has 2 saturated heterocycles. The molecule has 1 amide bonds. The molecule has 0 aromatic heterocycles. The van der Waals surface area contributed by atoms with Crippen LogP contribution in [0.2, 0.25) is 0 Å². The Bertz CT molecular complexity index is 1110. The molecule has 2 aliphatic heterocycles. The lowest BCUT2D eigenvalue weighted by atomic mass is 10.1. The number of halogens is 6. The molecular formula is C27H32F6N4O2. The molecule has 6 nitrogen and oxygen atoms in total. The van der Waals surface area contributed by atoms with Crippen LogP contribution in [0.15, 0.2) is 42.5 Å². The van der Waals surface area contributed by atoms with Crippen molar-refractivity contribution in [1.29, 1.82) is 0 Å². The Morgan fingerprint density at radius 1 is 0.872 bits per heavy atom. The lowest BCUT2D eigenvalue weighted by Crippen LogP contribution is -2.47. The number of nitrogens with zero attached hydrogens (tertiary/aromatic N) is 3. The number of carbonyl (C=O) groups excluding carboxylic acids is 1. The number of hydrogen-bond acceptors (Lipinski definition) is 5. The number of ether oxygens (including phenoxy) is 1. The number of nitrogen functional groups attached to an aromatic ring is 1. The molecule has 2 aliphatic rings. The van der Waals surface area contributed by atoms with E-state index in [0.717, 1.165) is 43.5 Å². The number of likely N-dealkylation sites (tertiary alicyclic amines) is 1. The van der Waals surface area contributed by atoms with Gasteiger partial charge in [0.25, 0.3) is 0 Å². The Hall–Kier alpha value is -3.15. The van der Waals surface area contributed by atoms with Gasteiger partial charge in [-0.1, -0.05) is 0 Å². The minimum absolute atomic E-state index is 0.0451. The first-order valence-electron chi connectivity index (χ1n) is 13.0. The van der Waals surface area contributed by atoms with Gasteiger partial charge in [0.1, 0.15) is 11.9 Å². The monoisotopic (exact) mass is 558 g/mol. The Kier molecular flexibility index (Phi) is 8.83. The van der Waals surface area contributed by atoms with Crippen molar-refractivity contribution in [2.45, 2.75) is 44.1 Å². The van der Waals surface area contributed by atoms with Crippen molar-refractivity contribution in [3.05, 3.63) is 53.6 Å². The first-order valence-corrected chi connectivity index (χ1v) is 13.0. The van der Waals surface area contributed by atoms with Crippen LogP contribution in [0.5, 0.6) is 5.75 Å². The van der Waals surface area contributed by atoms with Crippen LogP contribution in [0.25, 0.3) is 0 Å². The van der Waals surface area contributed by atoms with Crippen molar-refractivity contribution in [3.63, 3.8) is 0 Å². The van der Waals surface area contributed by atoms with E-state index < -0.39 is 23.5 Å². The van der Waals surface area contributed by atoms with Crippen LogP contribution in [0, 0.1) is 0 Å². The number of carbonyl (C=O) groups is 1. The van der Waals surface area contributed by atoms with Crippen molar-refractivity contribution >= 4 is 17.3 Å². The summed E-state index contributed by atoms with van der Waals surface area (Å²) in [6.07, 6.45) is -7.02. The van der Waals surface area contributed by atoms with E-state index in [4.69, 9.17) is 10.5 Å². The number of benzene rings is 2. The first-order chi connectivity index (χ1) is 18.4. The number of piperazine rings is 1. The fourth-order valence-corrected chi connectivity index (χ4v) is 4.97. The first kappa shape index (κ1) is 28.8. The summed E-state index contributed by atoms with van der Waals surface area (Å²) in [5.74, 6) is 0.156. The minimum Gasteiger partial charge on any atom is -0.490 e. The lowest BCUT2D eigenvalue weighted by Gasteiger charge is -2.36. The summed E-state index contributed by atoms with van der Waals surface area (Å²) in [6, 6.07) is 8.72. The van der Waals surface area contributed by atoms with Gasteiger partial charge in [-0.15, -0.1) is 0 Å². The van der Waals surface area contributed by atoms with Crippen molar-refractivity contribution < 1.29 is 35.9 Å². The highest BCUT2D eigenvalue weighted by molar-refractivity contribution is 5.76. The Morgan fingerprint density at radius 3 is 2.10 bits per heavy atom. The van der Waals surface area contributed by atoms with Crippen molar-refractivity contribution in [3.8, 4) is 5.75 Å². The van der Waals surface area contributed by atoms with Crippen molar-refractivity contribution in [2.24, 2.45) is 0 Å². The van der Waals surface area contributed by atoms with Crippen molar-refractivity contribution in [2.75, 3.05) is 56.4 Å². The fourth-order valence-electron chi connectivity index (χ4n) is 4.97. The van der Waals surface area contributed by atoms with Crippen LogP contribution >= 0.6 is 0 Å². The summed E-state index contributed by atoms with van der Waals surface area (Å²) >= 11 is 0. The molecule has 39 heavy (non-hydrogen) atoms. The Labute approximate surface area is 223 Å². The van der Waals surface area contributed by atoms with Crippen molar-refractivity contribution in [1.82, 2.24) is 9.80 Å². The number of alkyl halides is 6. The summed E-state index contributed by atoms with van der Waals surface area (Å²) in [6.45, 7) is 4.65. The standard InChI is InChI=1S/C27H32F6N4O2/c28-26(29,30)19-3-5-20(6-4-19)36-16-14-35(15-17-36)11-1-2-25(38)37-12-9-21(10-13-37)39-22-7-8-24(34)23(18-22)27(31,32)33/h3-8,18,21H,1-2,9-17,34H2. The molecule has 0 unspecified atom stereocenters. The summed E-state index contributed by atoms with van der Waals surface area (Å²) in [5.41, 5.74) is 4.27. The smallest absolute Gasteiger partial charge is 0.418 e.